The summed E-state index contributed by atoms with van der Waals surface area (Å²) in [5.41, 5.74) is -0.571. The van der Waals surface area contributed by atoms with Gasteiger partial charge in [0, 0.05) is 32.5 Å². The number of rotatable bonds is 2. The Labute approximate surface area is 78.6 Å². The Morgan fingerprint density at radius 2 is 1.85 bits per heavy atom. The maximum absolute atomic E-state index is 9.63. The van der Waals surface area contributed by atoms with Crippen molar-refractivity contribution in [3.05, 3.63) is 0 Å². The molecule has 2 aliphatic heterocycles. The van der Waals surface area contributed by atoms with Crippen LogP contribution < -0.4 is 0 Å². The second-order valence-corrected chi connectivity index (χ2v) is 4.77. The van der Waals surface area contributed by atoms with Crippen LogP contribution in [0.1, 0.15) is 26.7 Å². The Kier molecular flexibility index (Phi) is 1.92. The lowest BCUT2D eigenvalue weighted by atomic mass is 10.00. The van der Waals surface area contributed by atoms with Crippen molar-refractivity contribution in [3.8, 4) is 0 Å². The van der Waals surface area contributed by atoms with Crippen molar-refractivity contribution in [2.24, 2.45) is 10.2 Å². The summed E-state index contributed by atoms with van der Waals surface area (Å²) in [5.74, 6) is 0. The first-order valence-corrected chi connectivity index (χ1v) is 4.88. The predicted octanol–water partition coefficient (Wildman–Crippen LogP) is 1.02. The predicted molar refractivity (Wildman–Crippen MR) is 49.6 cm³/mol. The molecule has 0 unspecified atom stereocenters. The van der Waals surface area contributed by atoms with Crippen LogP contribution in [-0.4, -0.2) is 40.9 Å². The normalized spacial score (nSPS) is 26.7. The van der Waals surface area contributed by atoms with Crippen LogP contribution in [0.25, 0.3) is 0 Å². The maximum Gasteiger partial charge on any atom is 0.193 e. The van der Waals surface area contributed by atoms with Crippen LogP contribution in [0.5, 0.6) is 0 Å². The fourth-order valence-corrected chi connectivity index (χ4v) is 1.89. The molecule has 13 heavy (non-hydrogen) atoms. The molecule has 1 fully saturated rings. The van der Waals surface area contributed by atoms with Crippen molar-refractivity contribution in [2.75, 3.05) is 19.6 Å². The first-order valence-electron chi connectivity index (χ1n) is 4.88. The van der Waals surface area contributed by atoms with Gasteiger partial charge in [0.25, 0.3) is 0 Å². The molecular weight excluding hydrogens is 166 g/mol. The molecule has 0 aromatic heterocycles. The van der Waals surface area contributed by atoms with E-state index in [2.05, 4.69) is 15.1 Å². The second-order valence-electron chi connectivity index (χ2n) is 4.77. The van der Waals surface area contributed by atoms with Crippen molar-refractivity contribution in [1.82, 2.24) is 4.90 Å². The fraction of sp³-hybridized carbons (Fsp3) is 1.00. The Hall–Kier alpha value is -0.480. The summed E-state index contributed by atoms with van der Waals surface area (Å²) in [6.07, 6.45) is 2.06. The Morgan fingerprint density at radius 1 is 1.31 bits per heavy atom. The average molecular weight is 183 g/mol. The molecule has 0 bridgehead atoms. The summed E-state index contributed by atoms with van der Waals surface area (Å²) in [5, 5.41) is 17.7. The standard InChI is InChI=1S/C9H17N3O/c1-8(2,13)7-12-5-3-9(4-6-12)10-11-9/h13H,3-7H2,1-2H3. The summed E-state index contributed by atoms with van der Waals surface area (Å²) >= 11 is 0. The number of nitrogens with zero attached hydrogens (tertiary/aromatic N) is 3. The zero-order chi connectivity index (χ0) is 9.53. The summed E-state index contributed by atoms with van der Waals surface area (Å²) in [6, 6.07) is 0. The van der Waals surface area contributed by atoms with Crippen molar-refractivity contribution in [3.63, 3.8) is 0 Å². The van der Waals surface area contributed by atoms with Gasteiger partial charge in [-0.25, -0.2) is 0 Å². The molecule has 0 atom stereocenters. The van der Waals surface area contributed by atoms with E-state index in [-0.39, 0.29) is 5.66 Å². The van der Waals surface area contributed by atoms with Crippen LogP contribution in [0, 0.1) is 0 Å². The average Bonchev–Trinajstić information content (AvgIpc) is 2.73. The van der Waals surface area contributed by atoms with Crippen molar-refractivity contribution >= 4 is 0 Å². The van der Waals surface area contributed by atoms with E-state index in [0.29, 0.717) is 0 Å². The van der Waals surface area contributed by atoms with E-state index in [4.69, 9.17) is 0 Å². The zero-order valence-corrected chi connectivity index (χ0v) is 8.32. The molecule has 0 aromatic rings. The molecule has 1 spiro atoms. The van der Waals surface area contributed by atoms with Gasteiger partial charge in [0.05, 0.1) is 5.60 Å². The number of β-amino-alcohol motifs (C(OH)–C–C–N with tert-alkyl or cyclic N) is 1. The van der Waals surface area contributed by atoms with Gasteiger partial charge < -0.3 is 10.0 Å². The molecule has 2 aliphatic rings. The van der Waals surface area contributed by atoms with E-state index >= 15 is 0 Å². The molecule has 74 valence electrons. The zero-order valence-electron chi connectivity index (χ0n) is 8.32. The van der Waals surface area contributed by atoms with Crippen LogP contribution in [0.3, 0.4) is 0 Å². The highest BCUT2D eigenvalue weighted by atomic mass is 16.3. The quantitative estimate of drug-likeness (QED) is 0.694. The van der Waals surface area contributed by atoms with Crippen LogP contribution in [0.15, 0.2) is 10.2 Å². The summed E-state index contributed by atoms with van der Waals surface area (Å²) in [4.78, 5) is 2.29. The lowest BCUT2D eigenvalue weighted by Crippen LogP contribution is -2.44. The monoisotopic (exact) mass is 183 g/mol. The van der Waals surface area contributed by atoms with Gasteiger partial charge >= 0.3 is 0 Å². The molecule has 0 aliphatic carbocycles. The Balaban J connectivity index is 1.78. The van der Waals surface area contributed by atoms with Gasteiger partial charge in [-0.1, -0.05) is 0 Å². The Morgan fingerprint density at radius 3 is 2.23 bits per heavy atom. The minimum atomic E-state index is -0.581. The molecule has 0 saturated carbocycles. The molecule has 0 aromatic carbocycles. The van der Waals surface area contributed by atoms with E-state index in [0.717, 1.165) is 32.5 Å². The third kappa shape index (κ3) is 2.25. The molecular formula is C9H17N3O. The van der Waals surface area contributed by atoms with Crippen molar-refractivity contribution in [1.29, 1.82) is 0 Å². The number of hydrogen-bond acceptors (Lipinski definition) is 4. The lowest BCUT2D eigenvalue weighted by molar-refractivity contribution is 0.0262. The first-order chi connectivity index (χ1) is 5.99. The van der Waals surface area contributed by atoms with E-state index in [9.17, 15) is 5.11 Å². The van der Waals surface area contributed by atoms with Crippen LogP contribution in [0.2, 0.25) is 0 Å². The highest BCUT2D eigenvalue weighted by Gasteiger charge is 2.43. The van der Waals surface area contributed by atoms with E-state index in [1.54, 1.807) is 0 Å². The molecule has 4 nitrogen and oxygen atoms in total. The third-order valence-corrected chi connectivity index (χ3v) is 2.65. The van der Waals surface area contributed by atoms with Gasteiger partial charge in [0.1, 0.15) is 0 Å². The number of hydrogen-bond donors (Lipinski definition) is 1. The first kappa shape index (κ1) is 9.09. The molecule has 4 heteroatoms. The molecule has 0 amide bonds. The van der Waals surface area contributed by atoms with E-state index in [1.165, 1.54) is 0 Å². The minimum Gasteiger partial charge on any atom is -0.389 e. The Bertz CT molecular complexity index is 216. The van der Waals surface area contributed by atoms with Crippen molar-refractivity contribution < 1.29 is 5.11 Å². The summed E-state index contributed by atoms with van der Waals surface area (Å²) < 4.78 is 0. The SMILES string of the molecule is CC(C)(O)CN1CCC2(CC1)N=N2. The lowest BCUT2D eigenvalue weighted by Gasteiger charge is -2.33. The van der Waals surface area contributed by atoms with Crippen LogP contribution in [0.4, 0.5) is 0 Å². The van der Waals surface area contributed by atoms with E-state index < -0.39 is 5.60 Å². The largest absolute Gasteiger partial charge is 0.389 e. The van der Waals surface area contributed by atoms with Gasteiger partial charge in [-0.15, -0.1) is 0 Å². The summed E-state index contributed by atoms with van der Waals surface area (Å²) in [7, 11) is 0. The maximum atomic E-state index is 9.63. The third-order valence-electron chi connectivity index (χ3n) is 2.65. The highest BCUT2D eigenvalue weighted by molar-refractivity contribution is 4.97. The van der Waals surface area contributed by atoms with Gasteiger partial charge in [0.2, 0.25) is 0 Å². The number of likely N-dealkylation sites (tertiary alicyclic amines) is 1. The van der Waals surface area contributed by atoms with Crippen LogP contribution in [-0.2, 0) is 0 Å². The smallest absolute Gasteiger partial charge is 0.193 e. The summed E-state index contributed by atoms with van der Waals surface area (Å²) in [6.45, 7) is 6.48. The van der Waals surface area contributed by atoms with Crippen LogP contribution >= 0.6 is 0 Å². The molecule has 1 saturated heterocycles. The topological polar surface area (TPSA) is 48.2 Å². The fourth-order valence-electron chi connectivity index (χ4n) is 1.89. The van der Waals surface area contributed by atoms with Gasteiger partial charge in [-0.3, -0.25) is 0 Å². The van der Waals surface area contributed by atoms with Gasteiger partial charge in [0.15, 0.2) is 5.66 Å². The van der Waals surface area contributed by atoms with Gasteiger partial charge in [-0.05, 0) is 13.8 Å². The molecule has 0 radical (unpaired) electrons. The van der Waals surface area contributed by atoms with E-state index in [1.807, 2.05) is 13.8 Å². The number of aliphatic hydroxyl groups is 1. The number of piperidine rings is 1. The second kappa shape index (κ2) is 2.75. The van der Waals surface area contributed by atoms with Crippen molar-refractivity contribution in [2.45, 2.75) is 38.0 Å². The van der Waals surface area contributed by atoms with Gasteiger partial charge in [-0.2, -0.15) is 10.2 Å². The molecule has 2 heterocycles. The minimum absolute atomic E-state index is 0.0100. The molecule has 1 N–H and O–H groups in total. The highest BCUT2D eigenvalue weighted by Crippen LogP contribution is 2.38. The molecule has 2 rings (SSSR count).